The van der Waals surface area contributed by atoms with Crippen LogP contribution in [-0.4, -0.2) is 93.4 Å². The molecule has 0 fully saturated rings. The molecule has 7 aromatic rings. The quantitative estimate of drug-likeness (QED) is 0.117. The minimum absolute atomic E-state index is 0.0127. The van der Waals surface area contributed by atoms with Crippen LogP contribution in [0.3, 0.4) is 0 Å². The monoisotopic (exact) mass is 785 g/mol. The summed E-state index contributed by atoms with van der Waals surface area (Å²) in [5.74, 6) is 1.25. The van der Waals surface area contributed by atoms with Crippen LogP contribution in [0.5, 0.6) is 0 Å². The van der Waals surface area contributed by atoms with E-state index in [9.17, 15) is 0 Å². The molecule has 15 nitrogen and oxygen atoms in total. The van der Waals surface area contributed by atoms with E-state index in [1.54, 1.807) is 17.1 Å². The smallest absolute Gasteiger partial charge is 0.251 e. The largest absolute Gasteiger partial charge is 0.387 e. The van der Waals surface area contributed by atoms with Crippen molar-refractivity contribution < 1.29 is 0 Å². The second kappa shape index (κ2) is 15.8. The van der Waals surface area contributed by atoms with Crippen LogP contribution in [0.4, 0.5) is 17.6 Å². The molecule has 5 heterocycles. The van der Waals surface area contributed by atoms with Crippen LogP contribution in [0.25, 0.3) is 33.8 Å². The molecule has 3 N–H and O–H groups in total. The van der Waals surface area contributed by atoms with Crippen molar-refractivity contribution in [3.63, 3.8) is 0 Å². The lowest BCUT2D eigenvalue weighted by molar-refractivity contribution is 0.421. The van der Waals surface area contributed by atoms with E-state index < -0.39 is 0 Å². The fourth-order valence-corrected chi connectivity index (χ4v) is 8.19. The zero-order chi connectivity index (χ0) is 40.6. The van der Waals surface area contributed by atoms with Crippen molar-refractivity contribution >= 4 is 29.6 Å². The fourth-order valence-electron chi connectivity index (χ4n) is 8.19. The number of fused-ring (bicyclic) bond motifs is 6. The van der Waals surface area contributed by atoms with Crippen LogP contribution in [0.1, 0.15) is 51.7 Å². The van der Waals surface area contributed by atoms with Crippen LogP contribution in [0.15, 0.2) is 89.4 Å². The van der Waals surface area contributed by atoms with E-state index in [0.717, 1.165) is 87.1 Å². The average Bonchev–Trinajstić information content (AvgIpc) is 3.90. The molecule has 15 heteroatoms. The van der Waals surface area contributed by atoms with Crippen molar-refractivity contribution in [2.75, 3.05) is 32.5 Å². The zero-order valence-electron chi connectivity index (χ0n) is 34.0. The number of amidine groups is 1. The van der Waals surface area contributed by atoms with Gasteiger partial charge in [0.25, 0.3) is 5.95 Å². The Hall–Kier alpha value is -6.87. The number of likely N-dealkylation sites (N-methyl/N-ethyl adjacent to an activating group) is 1. The van der Waals surface area contributed by atoms with Crippen LogP contribution >= 0.6 is 0 Å². The number of nitrogens with one attached hydrogen (secondary N) is 1. The van der Waals surface area contributed by atoms with Gasteiger partial charge < -0.3 is 16.0 Å². The van der Waals surface area contributed by atoms with Crippen molar-refractivity contribution in [3.05, 3.63) is 119 Å². The van der Waals surface area contributed by atoms with E-state index >= 15 is 0 Å². The number of hydrogen-bond acceptors (Lipinski definition) is 11. The molecule has 298 valence electrons. The molecule has 0 aliphatic heterocycles. The third-order valence-electron chi connectivity index (χ3n) is 11.0. The lowest BCUT2D eigenvalue weighted by Crippen LogP contribution is -2.16. The Morgan fingerprint density at radius 3 is 2.58 bits per heavy atom. The topological polar surface area (TPSA) is 171 Å². The predicted molar refractivity (Wildman–Crippen MR) is 230 cm³/mol. The maximum Gasteiger partial charge on any atom is 0.251 e. The Bertz CT molecular complexity index is 2720. The third-order valence-corrected chi connectivity index (χ3v) is 11.0. The minimum Gasteiger partial charge on any atom is -0.387 e. The number of rotatable bonds is 12. The summed E-state index contributed by atoms with van der Waals surface area (Å²) in [4.78, 5) is 30.6. The van der Waals surface area contributed by atoms with Gasteiger partial charge >= 0.3 is 0 Å². The highest BCUT2D eigenvalue weighted by Gasteiger charge is 2.34. The van der Waals surface area contributed by atoms with Crippen molar-refractivity contribution in [2.45, 2.75) is 38.0 Å². The summed E-state index contributed by atoms with van der Waals surface area (Å²) in [6.07, 6.45) is 12.8. The second-order valence-electron chi connectivity index (χ2n) is 15.5. The van der Waals surface area contributed by atoms with Gasteiger partial charge in [0.05, 0.1) is 52.6 Å². The van der Waals surface area contributed by atoms with Crippen molar-refractivity contribution in [2.24, 2.45) is 36.9 Å². The predicted octanol–water partition coefficient (Wildman–Crippen LogP) is 5.60. The number of benzene rings is 2. The maximum absolute atomic E-state index is 6.29. The second-order valence-corrected chi connectivity index (χ2v) is 15.5. The van der Waals surface area contributed by atoms with E-state index in [2.05, 4.69) is 78.8 Å². The first-order valence-corrected chi connectivity index (χ1v) is 19.9. The van der Waals surface area contributed by atoms with Gasteiger partial charge in [0.2, 0.25) is 5.95 Å². The number of aryl methyl sites for hydroxylation is 5. The normalized spacial score (nSPS) is 14.7. The molecule has 2 aliphatic rings. The van der Waals surface area contributed by atoms with Gasteiger partial charge in [0.1, 0.15) is 5.84 Å². The van der Waals surface area contributed by atoms with E-state index in [0.29, 0.717) is 43.5 Å². The standard InChI is InChI=1S/C44H47N15/c1-56(2)19-18-46-17-16-37(45)51-44-47-23-30-14-15-34-38(40(30)52-44)36(58(4)54-34)21-27-10-9-13-29(20-27)32-22-35-39(42(59(5)55-35)28-11-7-6-8-12-28)41-33(32)25-48-43(53-41)50-31-24-49-57(3)26-31/h6-13,17,20,23-26,32H,14-16,18-19,21-22H2,1-5H3,(H,48,50,53)(H2,45,47,51,52). The summed E-state index contributed by atoms with van der Waals surface area (Å²) in [7, 11) is 9.97. The average molecular weight is 786 g/mol. The summed E-state index contributed by atoms with van der Waals surface area (Å²) in [6, 6.07) is 19.2. The first-order chi connectivity index (χ1) is 28.7. The number of aromatic nitrogens is 10. The van der Waals surface area contributed by atoms with Crippen LogP contribution in [-0.2, 0) is 46.8 Å². The van der Waals surface area contributed by atoms with E-state index in [1.807, 2.05) is 69.3 Å². The van der Waals surface area contributed by atoms with Gasteiger partial charge in [-0.05, 0) is 43.6 Å². The lowest BCUT2D eigenvalue weighted by atomic mass is 9.79. The van der Waals surface area contributed by atoms with Crippen molar-refractivity contribution in [3.8, 4) is 33.8 Å². The summed E-state index contributed by atoms with van der Waals surface area (Å²) in [6.45, 7) is 1.58. The molecule has 1 unspecified atom stereocenters. The summed E-state index contributed by atoms with van der Waals surface area (Å²) < 4.78 is 5.74. The molecule has 5 aromatic heterocycles. The Balaban J connectivity index is 1.04. The Morgan fingerprint density at radius 1 is 0.915 bits per heavy atom. The number of nitrogens with zero attached hydrogens (tertiary/aromatic N) is 13. The van der Waals surface area contributed by atoms with Gasteiger partial charge in [-0.2, -0.15) is 20.3 Å². The number of nitrogens with two attached hydrogens (primary N) is 1. The molecule has 0 radical (unpaired) electrons. The zero-order valence-corrected chi connectivity index (χ0v) is 34.0. The highest BCUT2D eigenvalue weighted by atomic mass is 15.3. The highest BCUT2D eigenvalue weighted by molar-refractivity contribution is 5.94. The lowest BCUT2D eigenvalue weighted by Gasteiger charge is -2.26. The molecule has 0 bridgehead atoms. The molecule has 9 rings (SSSR count). The summed E-state index contributed by atoms with van der Waals surface area (Å²) >= 11 is 0. The molecule has 0 saturated carbocycles. The van der Waals surface area contributed by atoms with Gasteiger partial charge in [-0.25, -0.2) is 19.9 Å². The van der Waals surface area contributed by atoms with E-state index in [4.69, 9.17) is 30.9 Å². The van der Waals surface area contributed by atoms with Gasteiger partial charge in [0.15, 0.2) is 0 Å². The van der Waals surface area contributed by atoms with Crippen LogP contribution in [0.2, 0.25) is 0 Å². The number of hydrogen-bond donors (Lipinski definition) is 2. The van der Waals surface area contributed by atoms with Crippen molar-refractivity contribution in [1.29, 1.82) is 0 Å². The molecular weight excluding hydrogens is 739 g/mol. The minimum atomic E-state index is -0.0127. The Labute approximate surface area is 342 Å². The van der Waals surface area contributed by atoms with E-state index in [1.165, 1.54) is 11.1 Å². The Morgan fingerprint density at radius 2 is 1.76 bits per heavy atom. The van der Waals surface area contributed by atoms with Gasteiger partial charge in [-0.1, -0.05) is 54.6 Å². The molecule has 59 heavy (non-hydrogen) atoms. The van der Waals surface area contributed by atoms with Gasteiger partial charge in [-0.3, -0.25) is 19.0 Å². The Kier molecular flexibility index (Phi) is 10.1. The molecule has 2 aliphatic carbocycles. The molecule has 0 saturated heterocycles. The van der Waals surface area contributed by atoms with Gasteiger partial charge in [0, 0.05) is 99.9 Å². The molecule has 0 amide bonds. The van der Waals surface area contributed by atoms with Crippen molar-refractivity contribution in [1.82, 2.24) is 54.2 Å². The summed E-state index contributed by atoms with van der Waals surface area (Å²) in [5.41, 5.74) is 20.7. The number of aliphatic imine (C=N–C) groups is 2. The van der Waals surface area contributed by atoms with Crippen LogP contribution in [0, 0.1) is 0 Å². The van der Waals surface area contributed by atoms with E-state index in [-0.39, 0.29) is 5.92 Å². The summed E-state index contributed by atoms with van der Waals surface area (Å²) in [5, 5.41) is 17.8. The highest BCUT2D eigenvalue weighted by Crippen LogP contribution is 2.46. The molecule has 1 atom stereocenters. The maximum atomic E-state index is 6.29. The number of anilines is 2. The fraction of sp³-hybridized carbons (Fsp3) is 0.295. The molecule has 0 spiro atoms. The van der Waals surface area contributed by atoms with Crippen LogP contribution < -0.4 is 11.1 Å². The first-order valence-electron chi connectivity index (χ1n) is 19.9. The molecule has 2 aromatic carbocycles. The first kappa shape index (κ1) is 37.7. The third kappa shape index (κ3) is 7.64. The van der Waals surface area contributed by atoms with Gasteiger partial charge in [-0.15, -0.1) is 0 Å². The molecular formula is C44H47N15. The SMILES string of the molecule is CN(C)CCN=CCC(N)=Nc1ncc2c(n1)-c1c(nn(C)c1Cc1cccc(C3Cc4nn(C)c(-c5ccccc5)c4-c4nc(Nc5cnn(C)c5)ncc43)c1)CC2.